The Labute approximate surface area is 177 Å². The lowest BCUT2D eigenvalue weighted by Crippen LogP contribution is -2.18. The van der Waals surface area contributed by atoms with Crippen LogP contribution in [0.25, 0.3) is 11.3 Å². The van der Waals surface area contributed by atoms with Gasteiger partial charge in [-0.1, -0.05) is 29.3 Å². The third kappa shape index (κ3) is 5.07. The van der Waals surface area contributed by atoms with E-state index in [4.69, 9.17) is 32.7 Å². The van der Waals surface area contributed by atoms with E-state index in [2.05, 4.69) is 20.7 Å². The topological polar surface area (TPSA) is 88.6 Å². The number of hydrogen-bond donors (Lipinski definition) is 2. The summed E-state index contributed by atoms with van der Waals surface area (Å²) >= 11 is 11.9. The van der Waals surface area contributed by atoms with Crippen molar-refractivity contribution in [1.82, 2.24) is 15.6 Å². The van der Waals surface area contributed by atoms with E-state index in [1.165, 1.54) is 6.21 Å². The SMILES string of the molecule is CCOc1ccc(-c2cc(C(=O)NN=Cc3ccc(Cl)cc3Cl)[nH]n2)cc1OC. The molecule has 3 rings (SSSR count). The van der Waals surface area contributed by atoms with E-state index in [0.717, 1.165) is 5.56 Å². The molecule has 0 radical (unpaired) electrons. The van der Waals surface area contributed by atoms with Crippen LogP contribution in [-0.2, 0) is 0 Å². The van der Waals surface area contributed by atoms with E-state index in [1.807, 2.05) is 13.0 Å². The molecule has 2 aromatic carbocycles. The summed E-state index contributed by atoms with van der Waals surface area (Å²) in [5, 5.41) is 11.7. The Morgan fingerprint density at radius 3 is 2.76 bits per heavy atom. The second kappa shape index (κ2) is 9.45. The van der Waals surface area contributed by atoms with E-state index in [1.54, 1.807) is 43.5 Å². The van der Waals surface area contributed by atoms with Gasteiger partial charge in [0.25, 0.3) is 5.91 Å². The van der Waals surface area contributed by atoms with Gasteiger partial charge < -0.3 is 9.47 Å². The molecule has 9 heteroatoms. The van der Waals surface area contributed by atoms with Crippen molar-refractivity contribution >= 4 is 35.3 Å². The normalized spacial score (nSPS) is 10.9. The zero-order valence-electron chi connectivity index (χ0n) is 15.7. The van der Waals surface area contributed by atoms with Gasteiger partial charge >= 0.3 is 0 Å². The standard InChI is InChI=1S/C20H18Cl2N4O3/c1-3-29-18-7-5-12(8-19(18)28-2)16-10-17(25-24-16)20(27)26-23-11-13-4-6-14(21)9-15(13)22/h4-11H,3H2,1-2H3,(H,24,25)(H,26,27). The number of hydrazone groups is 1. The number of carbonyl (C=O) groups is 1. The van der Waals surface area contributed by atoms with Gasteiger partial charge in [0, 0.05) is 16.1 Å². The number of aromatic nitrogens is 2. The lowest BCUT2D eigenvalue weighted by atomic mass is 10.1. The number of H-pyrrole nitrogens is 1. The molecule has 0 aliphatic heterocycles. The largest absolute Gasteiger partial charge is 0.493 e. The minimum Gasteiger partial charge on any atom is -0.493 e. The van der Waals surface area contributed by atoms with Crippen LogP contribution in [-0.4, -0.2) is 36.0 Å². The number of nitrogens with zero attached hydrogens (tertiary/aromatic N) is 2. The molecule has 0 bridgehead atoms. The quantitative estimate of drug-likeness (QED) is 0.423. The third-order valence-electron chi connectivity index (χ3n) is 3.91. The van der Waals surface area contributed by atoms with E-state index in [0.29, 0.717) is 39.4 Å². The van der Waals surface area contributed by atoms with Crippen LogP contribution >= 0.6 is 23.2 Å². The first-order valence-electron chi connectivity index (χ1n) is 8.67. The number of amides is 1. The first kappa shape index (κ1) is 20.7. The number of halogens is 2. The molecule has 0 aliphatic rings. The summed E-state index contributed by atoms with van der Waals surface area (Å²) in [5.41, 5.74) is 4.67. The highest BCUT2D eigenvalue weighted by Crippen LogP contribution is 2.32. The lowest BCUT2D eigenvalue weighted by Gasteiger charge is -2.09. The average molecular weight is 433 g/mol. The van der Waals surface area contributed by atoms with Gasteiger partial charge in [-0.25, -0.2) is 5.43 Å². The molecule has 150 valence electrons. The van der Waals surface area contributed by atoms with Crippen molar-refractivity contribution in [3.05, 3.63) is 63.8 Å². The fourth-order valence-corrected chi connectivity index (χ4v) is 2.97. The fourth-order valence-electron chi connectivity index (χ4n) is 2.51. The molecule has 1 heterocycles. The van der Waals surface area contributed by atoms with Crippen molar-refractivity contribution in [2.75, 3.05) is 13.7 Å². The zero-order chi connectivity index (χ0) is 20.8. The highest BCUT2D eigenvalue weighted by atomic mass is 35.5. The summed E-state index contributed by atoms with van der Waals surface area (Å²) in [7, 11) is 1.57. The first-order chi connectivity index (χ1) is 14.0. The van der Waals surface area contributed by atoms with Crippen LogP contribution < -0.4 is 14.9 Å². The van der Waals surface area contributed by atoms with Gasteiger partial charge in [0.1, 0.15) is 5.69 Å². The second-order valence-electron chi connectivity index (χ2n) is 5.83. The Hall–Kier alpha value is -3.03. The number of rotatable bonds is 7. The maximum absolute atomic E-state index is 12.3. The van der Waals surface area contributed by atoms with Gasteiger partial charge in [0.05, 0.1) is 30.6 Å². The fraction of sp³-hybridized carbons (Fsp3) is 0.150. The van der Waals surface area contributed by atoms with E-state index < -0.39 is 5.91 Å². The van der Waals surface area contributed by atoms with Crippen LogP contribution in [0.2, 0.25) is 10.0 Å². The van der Waals surface area contributed by atoms with Crippen LogP contribution in [0.4, 0.5) is 0 Å². The summed E-state index contributed by atoms with van der Waals surface area (Å²) in [6, 6.07) is 12.0. The molecule has 0 saturated carbocycles. The van der Waals surface area contributed by atoms with E-state index in [9.17, 15) is 4.79 Å². The van der Waals surface area contributed by atoms with Gasteiger partial charge in [0.2, 0.25) is 0 Å². The second-order valence-corrected chi connectivity index (χ2v) is 6.67. The maximum Gasteiger partial charge on any atom is 0.289 e. The molecule has 2 N–H and O–H groups in total. The van der Waals surface area contributed by atoms with Crippen molar-refractivity contribution in [2.45, 2.75) is 6.92 Å². The smallest absolute Gasteiger partial charge is 0.289 e. The minimum atomic E-state index is -0.442. The Morgan fingerprint density at radius 1 is 1.21 bits per heavy atom. The molecule has 0 spiro atoms. The Morgan fingerprint density at radius 2 is 2.03 bits per heavy atom. The molecule has 7 nitrogen and oxygen atoms in total. The van der Waals surface area contributed by atoms with Crippen molar-refractivity contribution in [3.63, 3.8) is 0 Å². The first-order valence-corrected chi connectivity index (χ1v) is 9.42. The van der Waals surface area contributed by atoms with Crippen LogP contribution in [0.3, 0.4) is 0 Å². The Balaban J connectivity index is 1.70. The summed E-state index contributed by atoms with van der Waals surface area (Å²) in [6.07, 6.45) is 1.44. The van der Waals surface area contributed by atoms with Gasteiger partial charge in [-0.05, 0) is 43.3 Å². The lowest BCUT2D eigenvalue weighted by molar-refractivity contribution is 0.0950. The molecule has 0 saturated heterocycles. The maximum atomic E-state index is 12.3. The van der Waals surface area contributed by atoms with Crippen LogP contribution in [0.5, 0.6) is 11.5 Å². The molecular formula is C20H18Cl2N4O3. The molecule has 0 atom stereocenters. The summed E-state index contributed by atoms with van der Waals surface area (Å²) in [5.74, 6) is 0.785. The van der Waals surface area contributed by atoms with Crippen molar-refractivity contribution in [3.8, 4) is 22.8 Å². The highest BCUT2D eigenvalue weighted by Gasteiger charge is 2.13. The van der Waals surface area contributed by atoms with Crippen molar-refractivity contribution in [1.29, 1.82) is 0 Å². The van der Waals surface area contributed by atoms with Crippen LogP contribution in [0, 0.1) is 0 Å². The van der Waals surface area contributed by atoms with Gasteiger partial charge in [-0.2, -0.15) is 10.2 Å². The molecule has 3 aromatic rings. The van der Waals surface area contributed by atoms with Crippen molar-refractivity contribution in [2.24, 2.45) is 5.10 Å². The highest BCUT2D eigenvalue weighted by molar-refractivity contribution is 6.36. The van der Waals surface area contributed by atoms with Gasteiger partial charge in [0.15, 0.2) is 11.5 Å². The summed E-state index contributed by atoms with van der Waals surface area (Å²) in [4.78, 5) is 12.3. The predicted molar refractivity (Wildman–Crippen MR) is 113 cm³/mol. The number of methoxy groups -OCH3 is 1. The predicted octanol–water partition coefficient (Wildman–Crippen LogP) is 4.55. The van der Waals surface area contributed by atoms with Gasteiger partial charge in [-0.15, -0.1) is 0 Å². The number of benzene rings is 2. The summed E-state index contributed by atoms with van der Waals surface area (Å²) < 4.78 is 10.9. The van der Waals surface area contributed by atoms with Crippen LogP contribution in [0.1, 0.15) is 23.0 Å². The molecule has 1 amide bonds. The number of aromatic amines is 1. The molecule has 0 unspecified atom stereocenters. The molecule has 1 aromatic heterocycles. The summed E-state index contributed by atoms with van der Waals surface area (Å²) in [6.45, 7) is 2.43. The molecule has 0 aliphatic carbocycles. The Bertz CT molecular complexity index is 1050. The van der Waals surface area contributed by atoms with E-state index >= 15 is 0 Å². The molecule has 29 heavy (non-hydrogen) atoms. The zero-order valence-corrected chi connectivity index (χ0v) is 17.2. The van der Waals surface area contributed by atoms with Crippen LogP contribution in [0.15, 0.2) is 47.6 Å². The number of carbonyl (C=O) groups excluding carboxylic acids is 1. The van der Waals surface area contributed by atoms with Crippen molar-refractivity contribution < 1.29 is 14.3 Å². The number of nitrogens with one attached hydrogen (secondary N) is 2. The number of hydrogen-bond acceptors (Lipinski definition) is 5. The monoisotopic (exact) mass is 432 g/mol. The molecular weight excluding hydrogens is 415 g/mol. The number of ether oxygens (including phenoxy) is 2. The Kier molecular flexibility index (Phi) is 6.74. The van der Waals surface area contributed by atoms with Gasteiger partial charge in [-0.3, -0.25) is 9.89 Å². The van der Waals surface area contributed by atoms with E-state index in [-0.39, 0.29) is 5.69 Å². The molecule has 0 fully saturated rings. The minimum absolute atomic E-state index is 0.257. The average Bonchev–Trinajstić information content (AvgIpc) is 3.20. The third-order valence-corrected chi connectivity index (χ3v) is 4.48.